The van der Waals surface area contributed by atoms with Crippen LogP contribution in [0.1, 0.15) is 46.1 Å². The highest BCUT2D eigenvalue weighted by molar-refractivity contribution is 5.81. The summed E-state index contributed by atoms with van der Waals surface area (Å²) in [6.07, 6.45) is -1.55. The topological polar surface area (TPSA) is 72.8 Å². The summed E-state index contributed by atoms with van der Waals surface area (Å²) >= 11 is 0. The monoisotopic (exact) mass is 334 g/mol. The predicted octanol–water partition coefficient (Wildman–Crippen LogP) is 3.24. The molecule has 0 saturated carbocycles. The van der Waals surface area contributed by atoms with Gasteiger partial charge in [-0.25, -0.2) is 4.79 Å². The zero-order chi connectivity index (χ0) is 18.1. The molecule has 1 aliphatic rings. The van der Waals surface area contributed by atoms with Crippen molar-refractivity contribution in [3.05, 3.63) is 35.9 Å². The fourth-order valence-corrected chi connectivity index (χ4v) is 3.22. The molecule has 0 bridgehead atoms. The Morgan fingerprint density at radius 1 is 1.17 bits per heavy atom. The van der Waals surface area contributed by atoms with Gasteiger partial charge in [0, 0.05) is 5.92 Å². The van der Waals surface area contributed by atoms with E-state index in [1.165, 1.54) is 0 Å². The van der Waals surface area contributed by atoms with Crippen molar-refractivity contribution in [1.82, 2.24) is 0 Å². The van der Waals surface area contributed by atoms with Crippen LogP contribution >= 0.6 is 0 Å². The van der Waals surface area contributed by atoms with Gasteiger partial charge < -0.3 is 14.6 Å². The molecular formula is C19H26O5. The molecule has 0 radical (unpaired) electrons. The Bertz CT molecular complexity index is 588. The van der Waals surface area contributed by atoms with E-state index in [-0.39, 0.29) is 5.92 Å². The van der Waals surface area contributed by atoms with Crippen LogP contribution in [0.5, 0.6) is 0 Å². The second-order valence-corrected chi connectivity index (χ2v) is 7.60. The van der Waals surface area contributed by atoms with E-state index in [1.54, 1.807) is 20.8 Å². The molecule has 2 unspecified atom stereocenters. The van der Waals surface area contributed by atoms with Gasteiger partial charge in [-0.15, -0.1) is 0 Å². The van der Waals surface area contributed by atoms with Gasteiger partial charge in [-0.3, -0.25) is 4.79 Å². The first-order valence-electron chi connectivity index (χ1n) is 8.28. The zero-order valence-corrected chi connectivity index (χ0v) is 14.9. The number of carboxylic acid groups (broad SMARTS) is 1. The average molecular weight is 334 g/mol. The van der Waals surface area contributed by atoms with E-state index in [9.17, 15) is 14.7 Å². The van der Waals surface area contributed by atoms with Crippen molar-refractivity contribution in [3.63, 3.8) is 0 Å². The van der Waals surface area contributed by atoms with Crippen LogP contribution in [0.3, 0.4) is 0 Å². The summed E-state index contributed by atoms with van der Waals surface area (Å²) < 4.78 is 11.4. The number of aliphatic carboxylic acids is 1. The minimum Gasteiger partial charge on any atom is -0.479 e. The fourth-order valence-electron chi connectivity index (χ4n) is 3.22. The second kappa shape index (κ2) is 6.93. The van der Waals surface area contributed by atoms with Crippen LogP contribution in [0.2, 0.25) is 0 Å². The van der Waals surface area contributed by atoms with Crippen molar-refractivity contribution in [2.75, 3.05) is 0 Å². The van der Waals surface area contributed by atoms with E-state index >= 15 is 0 Å². The summed E-state index contributed by atoms with van der Waals surface area (Å²) in [5.74, 6) is -2.67. The molecule has 5 heteroatoms. The first kappa shape index (κ1) is 18.5. The van der Waals surface area contributed by atoms with Crippen molar-refractivity contribution in [1.29, 1.82) is 0 Å². The molecule has 0 spiro atoms. The maximum Gasteiger partial charge on any atom is 0.333 e. The molecule has 0 aromatic heterocycles. The van der Waals surface area contributed by atoms with Crippen LogP contribution in [-0.2, 0) is 19.1 Å². The molecule has 1 fully saturated rings. The Morgan fingerprint density at radius 2 is 1.75 bits per heavy atom. The number of carbonyl (C=O) groups is 2. The summed E-state index contributed by atoms with van der Waals surface area (Å²) in [4.78, 5) is 24.6. The molecule has 1 aromatic rings. The van der Waals surface area contributed by atoms with Gasteiger partial charge in [-0.05, 0) is 32.3 Å². The highest BCUT2D eigenvalue weighted by Crippen LogP contribution is 2.44. The molecule has 132 valence electrons. The lowest BCUT2D eigenvalue weighted by Gasteiger charge is -2.28. The molecule has 2 rings (SSSR count). The minimum absolute atomic E-state index is 0.00178. The standard InChI is InChI=1S/C19H26O5/c1-11(2)15-14(18(22)24-19(3,4)5)13(16(23-15)17(20)21)12-9-7-6-8-10-12/h6-11,13-16H,1-5H3,(H,20,21)/t13-,14?,15?,16-/m1/s1. The van der Waals surface area contributed by atoms with E-state index in [0.29, 0.717) is 0 Å². The highest BCUT2D eigenvalue weighted by atomic mass is 16.6. The molecule has 1 aromatic carbocycles. The van der Waals surface area contributed by atoms with Crippen LogP contribution in [0.15, 0.2) is 30.3 Å². The maximum atomic E-state index is 12.8. The maximum absolute atomic E-state index is 12.8. The Hall–Kier alpha value is -1.88. The third kappa shape index (κ3) is 3.96. The second-order valence-electron chi connectivity index (χ2n) is 7.60. The first-order valence-corrected chi connectivity index (χ1v) is 8.28. The first-order chi connectivity index (χ1) is 11.1. The highest BCUT2D eigenvalue weighted by Gasteiger charge is 2.53. The van der Waals surface area contributed by atoms with E-state index in [1.807, 2.05) is 44.2 Å². The fraction of sp³-hybridized carbons (Fsp3) is 0.579. The number of esters is 1. The molecular weight excluding hydrogens is 308 g/mol. The number of rotatable bonds is 4. The van der Waals surface area contributed by atoms with Crippen molar-refractivity contribution in [3.8, 4) is 0 Å². The van der Waals surface area contributed by atoms with E-state index in [4.69, 9.17) is 9.47 Å². The third-order valence-corrected chi connectivity index (χ3v) is 4.13. The lowest BCUT2D eigenvalue weighted by atomic mass is 9.79. The van der Waals surface area contributed by atoms with E-state index in [0.717, 1.165) is 5.56 Å². The van der Waals surface area contributed by atoms with Gasteiger partial charge in [-0.1, -0.05) is 44.2 Å². The third-order valence-electron chi connectivity index (χ3n) is 4.13. The quantitative estimate of drug-likeness (QED) is 0.856. The van der Waals surface area contributed by atoms with Gasteiger partial charge in [0.15, 0.2) is 6.10 Å². The average Bonchev–Trinajstić information content (AvgIpc) is 2.87. The molecule has 0 amide bonds. The molecule has 1 heterocycles. The van der Waals surface area contributed by atoms with Crippen LogP contribution in [0.4, 0.5) is 0 Å². The Kier molecular flexibility index (Phi) is 5.33. The van der Waals surface area contributed by atoms with Crippen LogP contribution in [0.25, 0.3) is 0 Å². The van der Waals surface area contributed by atoms with Gasteiger partial charge >= 0.3 is 11.9 Å². The number of hydrogen-bond donors (Lipinski definition) is 1. The number of ether oxygens (including phenoxy) is 2. The normalized spacial score (nSPS) is 27.2. The SMILES string of the molecule is CC(C)C1O[C@@H](C(=O)O)[C@H](c2ccccc2)C1C(=O)OC(C)(C)C. The molecule has 24 heavy (non-hydrogen) atoms. The lowest BCUT2D eigenvalue weighted by molar-refractivity contribution is -0.163. The number of carbonyl (C=O) groups excluding carboxylic acids is 1. The molecule has 5 nitrogen and oxygen atoms in total. The zero-order valence-electron chi connectivity index (χ0n) is 14.9. The molecule has 0 aliphatic carbocycles. The molecule has 1 saturated heterocycles. The molecule has 1 aliphatic heterocycles. The molecule has 1 N–H and O–H groups in total. The lowest BCUT2D eigenvalue weighted by Crippen LogP contribution is -2.37. The number of benzene rings is 1. The number of carboxylic acids is 1. The Balaban J connectivity index is 2.46. The van der Waals surface area contributed by atoms with Gasteiger partial charge in [0.1, 0.15) is 5.60 Å². The van der Waals surface area contributed by atoms with Gasteiger partial charge in [0.05, 0.1) is 12.0 Å². The van der Waals surface area contributed by atoms with Crippen LogP contribution < -0.4 is 0 Å². The Morgan fingerprint density at radius 3 is 2.21 bits per heavy atom. The largest absolute Gasteiger partial charge is 0.479 e. The van der Waals surface area contributed by atoms with Crippen molar-refractivity contribution >= 4 is 11.9 Å². The van der Waals surface area contributed by atoms with Gasteiger partial charge in [0.2, 0.25) is 0 Å². The summed E-state index contributed by atoms with van der Waals surface area (Å²) in [5.41, 5.74) is 0.144. The summed E-state index contributed by atoms with van der Waals surface area (Å²) in [6.45, 7) is 9.26. The van der Waals surface area contributed by atoms with Crippen LogP contribution in [-0.4, -0.2) is 34.9 Å². The van der Waals surface area contributed by atoms with Crippen molar-refractivity contribution in [2.24, 2.45) is 11.8 Å². The van der Waals surface area contributed by atoms with Crippen molar-refractivity contribution < 1.29 is 24.2 Å². The van der Waals surface area contributed by atoms with Gasteiger partial charge in [0.25, 0.3) is 0 Å². The number of hydrogen-bond acceptors (Lipinski definition) is 4. The van der Waals surface area contributed by atoms with E-state index in [2.05, 4.69) is 0 Å². The van der Waals surface area contributed by atoms with Crippen molar-refractivity contribution in [2.45, 2.75) is 58.3 Å². The smallest absolute Gasteiger partial charge is 0.333 e. The van der Waals surface area contributed by atoms with E-state index < -0.39 is 41.6 Å². The summed E-state index contributed by atoms with van der Waals surface area (Å²) in [5, 5.41) is 9.60. The van der Waals surface area contributed by atoms with Crippen LogP contribution in [0, 0.1) is 11.8 Å². The Labute approximate surface area is 143 Å². The van der Waals surface area contributed by atoms with Gasteiger partial charge in [-0.2, -0.15) is 0 Å². The molecule has 4 atom stereocenters. The summed E-state index contributed by atoms with van der Waals surface area (Å²) in [6, 6.07) is 9.21. The summed E-state index contributed by atoms with van der Waals surface area (Å²) in [7, 11) is 0. The minimum atomic E-state index is -1.06. The predicted molar refractivity (Wildman–Crippen MR) is 89.7 cm³/mol.